The second-order valence-corrected chi connectivity index (χ2v) is 5.71. The average molecular weight is 361 g/mol. The van der Waals surface area contributed by atoms with Crippen LogP contribution < -0.4 is 10.6 Å². The Morgan fingerprint density at radius 3 is 2.44 bits per heavy atom. The van der Waals surface area contributed by atoms with Crippen molar-refractivity contribution in [1.82, 2.24) is 9.97 Å². The molecule has 0 aliphatic heterocycles. The van der Waals surface area contributed by atoms with Crippen molar-refractivity contribution >= 4 is 17.5 Å². The molecule has 0 radical (unpaired) electrons. The van der Waals surface area contributed by atoms with Gasteiger partial charge in [0.05, 0.1) is 17.2 Å². The Morgan fingerprint density at radius 1 is 1.07 bits per heavy atom. The van der Waals surface area contributed by atoms with Crippen LogP contribution in [0, 0.1) is 17.1 Å². The van der Waals surface area contributed by atoms with Gasteiger partial charge in [0.25, 0.3) is 5.91 Å². The number of hydrogen-bond acceptors (Lipinski definition) is 5. The zero-order valence-corrected chi connectivity index (χ0v) is 14.3. The second kappa shape index (κ2) is 8.54. The first-order valence-electron chi connectivity index (χ1n) is 8.26. The Labute approximate surface area is 155 Å². The second-order valence-electron chi connectivity index (χ2n) is 5.71. The molecule has 134 valence electrons. The maximum absolute atomic E-state index is 13.6. The molecule has 3 aromatic rings. The van der Waals surface area contributed by atoms with E-state index in [9.17, 15) is 9.18 Å². The number of amides is 1. The van der Waals surface area contributed by atoms with Crippen molar-refractivity contribution in [2.45, 2.75) is 6.42 Å². The normalized spacial score (nSPS) is 10.1. The van der Waals surface area contributed by atoms with Crippen LogP contribution in [0.2, 0.25) is 0 Å². The molecule has 0 aliphatic carbocycles. The number of nitrogens with zero attached hydrogens (tertiary/aromatic N) is 3. The van der Waals surface area contributed by atoms with Crippen molar-refractivity contribution < 1.29 is 9.18 Å². The van der Waals surface area contributed by atoms with Gasteiger partial charge in [-0.1, -0.05) is 18.2 Å². The highest BCUT2D eigenvalue weighted by Crippen LogP contribution is 2.11. The van der Waals surface area contributed by atoms with Crippen molar-refractivity contribution in [3.05, 3.63) is 83.4 Å². The zero-order valence-electron chi connectivity index (χ0n) is 14.3. The van der Waals surface area contributed by atoms with Crippen molar-refractivity contribution in [1.29, 1.82) is 5.26 Å². The molecule has 0 bridgehead atoms. The lowest BCUT2D eigenvalue weighted by Gasteiger charge is -2.07. The molecule has 1 heterocycles. The van der Waals surface area contributed by atoms with Gasteiger partial charge < -0.3 is 10.6 Å². The van der Waals surface area contributed by atoms with Crippen LogP contribution in [0.25, 0.3) is 0 Å². The first-order chi connectivity index (χ1) is 13.2. The van der Waals surface area contributed by atoms with Gasteiger partial charge in [-0.25, -0.2) is 14.4 Å². The SMILES string of the molecule is N#Cc1ccc(NC(=O)c2cnc(NCCc3ccccc3F)nc2)cc1. The predicted molar refractivity (Wildman–Crippen MR) is 99.7 cm³/mol. The summed E-state index contributed by atoms with van der Waals surface area (Å²) in [4.78, 5) is 20.4. The number of benzene rings is 2. The summed E-state index contributed by atoms with van der Waals surface area (Å²) >= 11 is 0. The molecule has 3 rings (SSSR count). The highest BCUT2D eigenvalue weighted by atomic mass is 19.1. The Hall–Kier alpha value is -3.79. The third-order valence-electron chi connectivity index (χ3n) is 3.82. The van der Waals surface area contributed by atoms with Gasteiger partial charge in [-0.3, -0.25) is 4.79 Å². The molecular formula is C20H16FN5O. The van der Waals surface area contributed by atoms with Gasteiger partial charge in [0.2, 0.25) is 5.95 Å². The first-order valence-corrected chi connectivity index (χ1v) is 8.26. The van der Waals surface area contributed by atoms with E-state index in [2.05, 4.69) is 20.6 Å². The van der Waals surface area contributed by atoms with Crippen LogP contribution in [-0.2, 0) is 6.42 Å². The van der Waals surface area contributed by atoms with Crippen molar-refractivity contribution in [2.24, 2.45) is 0 Å². The fraction of sp³-hybridized carbons (Fsp3) is 0.100. The van der Waals surface area contributed by atoms with E-state index < -0.39 is 0 Å². The van der Waals surface area contributed by atoms with Gasteiger partial charge in [-0.15, -0.1) is 0 Å². The number of aromatic nitrogens is 2. The Kier molecular flexibility index (Phi) is 5.70. The van der Waals surface area contributed by atoms with Gasteiger partial charge in [0, 0.05) is 24.6 Å². The maximum atomic E-state index is 13.6. The number of nitriles is 1. The third kappa shape index (κ3) is 4.86. The van der Waals surface area contributed by atoms with Crippen molar-refractivity contribution in [3.63, 3.8) is 0 Å². The van der Waals surface area contributed by atoms with Crippen LogP contribution in [0.4, 0.5) is 16.0 Å². The first kappa shape index (κ1) is 18.0. The summed E-state index contributed by atoms with van der Waals surface area (Å²) in [6.45, 7) is 0.470. The molecule has 0 saturated heterocycles. The van der Waals surface area contributed by atoms with Gasteiger partial charge in [0.15, 0.2) is 0 Å². The Morgan fingerprint density at radius 2 is 1.78 bits per heavy atom. The summed E-state index contributed by atoms with van der Waals surface area (Å²) in [5.41, 5.74) is 2.01. The lowest BCUT2D eigenvalue weighted by Crippen LogP contribution is -2.14. The summed E-state index contributed by atoms with van der Waals surface area (Å²) in [6, 6.07) is 15.1. The molecule has 6 nitrogen and oxygen atoms in total. The lowest BCUT2D eigenvalue weighted by atomic mass is 10.1. The van der Waals surface area contributed by atoms with E-state index in [4.69, 9.17) is 5.26 Å². The number of carbonyl (C=O) groups excluding carboxylic acids is 1. The van der Waals surface area contributed by atoms with E-state index >= 15 is 0 Å². The molecule has 0 atom stereocenters. The average Bonchev–Trinajstić information content (AvgIpc) is 2.70. The highest BCUT2D eigenvalue weighted by Gasteiger charge is 2.08. The number of halogens is 1. The Balaban J connectivity index is 1.54. The summed E-state index contributed by atoms with van der Waals surface area (Å²) < 4.78 is 13.6. The van der Waals surface area contributed by atoms with Gasteiger partial charge in [-0.05, 0) is 42.3 Å². The van der Waals surface area contributed by atoms with Crippen molar-refractivity contribution in [2.75, 3.05) is 17.2 Å². The fourth-order valence-electron chi connectivity index (χ4n) is 2.38. The van der Waals surface area contributed by atoms with Crippen LogP contribution in [-0.4, -0.2) is 22.4 Å². The largest absolute Gasteiger partial charge is 0.354 e. The van der Waals surface area contributed by atoms with E-state index in [0.29, 0.717) is 41.3 Å². The van der Waals surface area contributed by atoms with Crippen LogP contribution in [0.1, 0.15) is 21.5 Å². The van der Waals surface area contributed by atoms with E-state index in [-0.39, 0.29) is 11.7 Å². The van der Waals surface area contributed by atoms with Gasteiger partial charge in [0.1, 0.15) is 5.82 Å². The maximum Gasteiger partial charge on any atom is 0.258 e. The van der Waals surface area contributed by atoms with E-state index in [1.165, 1.54) is 18.5 Å². The highest BCUT2D eigenvalue weighted by molar-refractivity contribution is 6.03. The van der Waals surface area contributed by atoms with Crippen LogP contribution in [0.3, 0.4) is 0 Å². The van der Waals surface area contributed by atoms with Crippen LogP contribution >= 0.6 is 0 Å². The topological polar surface area (TPSA) is 90.7 Å². The molecule has 7 heteroatoms. The standard InChI is InChI=1S/C20H16FN5O/c21-18-4-2-1-3-15(18)9-10-23-20-24-12-16(13-25-20)19(27)26-17-7-5-14(11-22)6-8-17/h1-8,12-13H,9-10H2,(H,26,27)(H,23,24,25). The van der Waals surface area contributed by atoms with E-state index in [1.807, 2.05) is 6.07 Å². The third-order valence-corrected chi connectivity index (χ3v) is 3.82. The summed E-state index contributed by atoms with van der Waals surface area (Å²) in [7, 11) is 0. The van der Waals surface area contributed by atoms with Crippen LogP contribution in [0.5, 0.6) is 0 Å². The van der Waals surface area contributed by atoms with Crippen LogP contribution in [0.15, 0.2) is 60.9 Å². The minimum atomic E-state index is -0.349. The molecule has 27 heavy (non-hydrogen) atoms. The minimum absolute atomic E-state index is 0.241. The summed E-state index contributed by atoms with van der Waals surface area (Å²) in [5.74, 6) is -0.228. The van der Waals surface area contributed by atoms with E-state index in [1.54, 1.807) is 42.5 Å². The molecule has 0 aliphatic rings. The number of rotatable bonds is 6. The zero-order chi connectivity index (χ0) is 19.1. The summed E-state index contributed by atoms with van der Waals surface area (Å²) in [5, 5.41) is 14.5. The smallest absolute Gasteiger partial charge is 0.258 e. The quantitative estimate of drug-likeness (QED) is 0.702. The lowest BCUT2D eigenvalue weighted by molar-refractivity contribution is 0.102. The number of nitrogens with one attached hydrogen (secondary N) is 2. The van der Waals surface area contributed by atoms with Gasteiger partial charge in [-0.2, -0.15) is 5.26 Å². The minimum Gasteiger partial charge on any atom is -0.354 e. The molecular weight excluding hydrogens is 345 g/mol. The summed E-state index contributed by atoms with van der Waals surface area (Å²) in [6.07, 6.45) is 3.33. The fourth-order valence-corrected chi connectivity index (χ4v) is 2.38. The number of hydrogen-bond donors (Lipinski definition) is 2. The Bertz CT molecular complexity index is 965. The van der Waals surface area contributed by atoms with Crippen molar-refractivity contribution in [3.8, 4) is 6.07 Å². The number of anilines is 2. The predicted octanol–water partition coefficient (Wildman–Crippen LogP) is 3.39. The molecule has 0 spiro atoms. The molecule has 1 aromatic heterocycles. The molecule has 0 fully saturated rings. The van der Waals surface area contributed by atoms with E-state index in [0.717, 1.165) is 0 Å². The van der Waals surface area contributed by atoms with Gasteiger partial charge >= 0.3 is 0 Å². The molecule has 0 saturated carbocycles. The monoisotopic (exact) mass is 361 g/mol. The molecule has 1 amide bonds. The molecule has 2 N–H and O–H groups in total. The number of carbonyl (C=O) groups is 1. The molecule has 2 aromatic carbocycles. The molecule has 0 unspecified atom stereocenters.